The lowest BCUT2D eigenvalue weighted by atomic mass is 10.0. The average molecular weight is 243 g/mol. The van der Waals surface area contributed by atoms with Gasteiger partial charge in [0.15, 0.2) is 0 Å². The second kappa shape index (κ2) is 3.71. The Morgan fingerprint density at radius 3 is 3.00 bits per heavy atom. The van der Waals surface area contributed by atoms with Gasteiger partial charge in [-0.2, -0.15) is 0 Å². The van der Waals surface area contributed by atoms with E-state index in [4.69, 9.17) is 5.73 Å². The number of thiazole rings is 1. The highest BCUT2D eigenvalue weighted by Gasteiger charge is 2.11. The van der Waals surface area contributed by atoms with Gasteiger partial charge in [0.05, 0.1) is 10.4 Å². The van der Waals surface area contributed by atoms with Crippen LogP contribution in [0.4, 0.5) is 0 Å². The summed E-state index contributed by atoms with van der Waals surface area (Å²) in [7, 11) is 0. The SMILES string of the molecule is NC(=O)c1cc(-c2cncs2)cc2[nH]ccc12. The van der Waals surface area contributed by atoms with Gasteiger partial charge in [-0.3, -0.25) is 9.78 Å². The van der Waals surface area contributed by atoms with Gasteiger partial charge in [0.25, 0.3) is 0 Å². The van der Waals surface area contributed by atoms with Crippen LogP contribution in [0.25, 0.3) is 21.3 Å². The molecule has 0 radical (unpaired) electrons. The number of aromatic amines is 1. The summed E-state index contributed by atoms with van der Waals surface area (Å²) in [6.07, 6.45) is 3.58. The fraction of sp³-hybridized carbons (Fsp3) is 0. The van der Waals surface area contributed by atoms with E-state index in [1.165, 1.54) is 11.3 Å². The molecule has 17 heavy (non-hydrogen) atoms. The maximum absolute atomic E-state index is 11.4. The smallest absolute Gasteiger partial charge is 0.249 e. The lowest BCUT2D eigenvalue weighted by Gasteiger charge is -2.03. The largest absolute Gasteiger partial charge is 0.366 e. The molecule has 0 bridgehead atoms. The van der Waals surface area contributed by atoms with Crippen LogP contribution in [0.2, 0.25) is 0 Å². The normalized spacial score (nSPS) is 10.8. The Bertz CT molecular complexity index is 685. The predicted molar refractivity (Wildman–Crippen MR) is 67.9 cm³/mol. The molecule has 0 fully saturated rings. The number of primary amides is 1. The van der Waals surface area contributed by atoms with Crippen molar-refractivity contribution < 1.29 is 4.79 Å². The van der Waals surface area contributed by atoms with E-state index in [0.717, 1.165) is 21.3 Å². The van der Waals surface area contributed by atoms with Gasteiger partial charge in [0.1, 0.15) is 0 Å². The highest BCUT2D eigenvalue weighted by atomic mass is 32.1. The number of carbonyl (C=O) groups excluding carboxylic acids is 1. The van der Waals surface area contributed by atoms with E-state index < -0.39 is 5.91 Å². The number of nitrogens with zero attached hydrogens (tertiary/aromatic N) is 1. The van der Waals surface area contributed by atoms with Crippen LogP contribution < -0.4 is 5.73 Å². The third-order valence-corrected chi connectivity index (χ3v) is 3.47. The average Bonchev–Trinajstić information content (AvgIpc) is 2.98. The zero-order valence-electron chi connectivity index (χ0n) is 8.81. The van der Waals surface area contributed by atoms with Crippen LogP contribution >= 0.6 is 11.3 Å². The van der Waals surface area contributed by atoms with Gasteiger partial charge >= 0.3 is 0 Å². The van der Waals surface area contributed by atoms with Crippen molar-refractivity contribution in [2.24, 2.45) is 5.73 Å². The number of aromatic nitrogens is 2. The number of amides is 1. The molecular formula is C12H9N3OS. The molecule has 3 N–H and O–H groups in total. The van der Waals surface area contributed by atoms with Crippen LogP contribution in [0.15, 0.2) is 36.1 Å². The van der Waals surface area contributed by atoms with Crippen LogP contribution in [0.5, 0.6) is 0 Å². The monoisotopic (exact) mass is 243 g/mol. The highest BCUT2D eigenvalue weighted by Crippen LogP contribution is 2.29. The number of carbonyl (C=O) groups is 1. The molecule has 84 valence electrons. The summed E-state index contributed by atoms with van der Waals surface area (Å²) in [5, 5.41) is 0.853. The Kier molecular flexibility index (Phi) is 2.19. The Balaban J connectivity index is 2.31. The van der Waals surface area contributed by atoms with Crippen molar-refractivity contribution in [2.45, 2.75) is 0 Å². The molecule has 0 atom stereocenters. The van der Waals surface area contributed by atoms with E-state index in [1.54, 1.807) is 17.9 Å². The second-order valence-corrected chi connectivity index (χ2v) is 4.58. The van der Waals surface area contributed by atoms with Gasteiger partial charge in [0.2, 0.25) is 5.91 Å². The lowest BCUT2D eigenvalue weighted by Crippen LogP contribution is -2.11. The van der Waals surface area contributed by atoms with Gasteiger partial charge in [0, 0.05) is 28.9 Å². The first kappa shape index (κ1) is 10.0. The Morgan fingerprint density at radius 1 is 1.41 bits per heavy atom. The summed E-state index contributed by atoms with van der Waals surface area (Å²) in [4.78, 5) is 19.6. The van der Waals surface area contributed by atoms with Crippen LogP contribution in [0.1, 0.15) is 10.4 Å². The summed E-state index contributed by atoms with van der Waals surface area (Å²) < 4.78 is 0. The zero-order chi connectivity index (χ0) is 11.8. The first-order valence-electron chi connectivity index (χ1n) is 5.05. The molecule has 0 saturated carbocycles. The topological polar surface area (TPSA) is 71.8 Å². The molecule has 1 aromatic carbocycles. The number of rotatable bonds is 2. The van der Waals surface area contributed by atoms with E-state index in [9.17, 15) is 4.79 Å². The van der Waals surface area contributed by atoms with Crippen LogP contribution in [-0.2, 0) is 0 Å². The standard InChI is InChI=1S/C12H9N3OS/c13-12(16)9-3-7(11-5-14-6-17-11)4-10-8(9)1-2-15-10/h1-6,15H,(H2,13,16). The third kappa shape index (κ3) is 1.60. The minimum absolute atomic E-state index is 0.416. The molecular weight excluding hydrogens is 234 g/mol. The summed E-state index contributed by atoms with van der Waals surface area (Å²) >= 11 is 1.53. The van der Waals surface area contributed by atoms with Gasteiger partial charge in [-0.25, -0.2) is 0 Å². The number of nitrogens with one attached hydrogen (secondary N) is 1. The van der Waals surface area contributed by atoms with E-state index in [-0.39, 0.29) is 0 Å². The summed E-state index contributed by atoms with van der Waals surface area (Å²) in [6.45, 7) is 0. The van der Waals surface area contributed by atoms with Crippen molar-refractivity contribution in [1.82, 2.24) is 9.97 Å². The molecule has 2 aromatic heterocycles. The van der Waals surface area contributed by atoms with Gasteiger partial charge in [-0.1, -0.05) is 0 Å². The molecule has 3 rings (SSSR count). The molecule has 0 spiro atoms. The number of nitrogens with two attached hydrogens (primary N) is 1. The van der Waals surface area contributed by atoms with Gasteiger partial charge in [-0.05, 0) is 23.8 Å². The van der Waals surface area contributed by atoms with Crippen molar-refractivity contribution in [3.8, 4) is 10.4 Å². The quantitative estimate of drug-likeness (QED) is 0.725. The zero-order valence-corrected chi connectivity index (χ0v) is 9.62. The lowest BCUT2D eigenvalue weighted by molar-refractivity contribution is 0.100. The molecule has 3 aromatic rings. The molecule has 1 amide bonds. The maximum Gasteiger partial charge on any atom is 0.249 e. The summed E-state index contributed by atoms with van der Waals surface area (Å²) in [5.41, 5.74) is 9.55. The van der Waals surface area contributed by atoms with E-state index in [0.29, 0.717) is 5.56 Å². The fourth-order valence-electron chi connectivity index (χ4n) is 1.87. The van der Waals surface area contributed by atoms with Crippen molar-refractivity contribution >= 4 is 28.1 Å². The highest BCUT2D eigenvalue weighted by molar-refractivity contribution is 7.13. The Morgan fingerprint density at radius 2 is 2.29 bits per heavy atom. The first-order valence-corrected chi connectivity index (χ1v) is 5.93. The third-order valence-electron chi connectivity index (χ3n) is 2.65. The van der Waals surface area contributed by atoms with Crippen molar-refractivity contribution in [3.63, 3.8) is 0 Å². The molecule has 0 aliphatic rings. The molecule has 5 heteroatoms. The molecule has 4 nitrogen and oxygen atoms in total. The van der Waals surface area contributed by atoms with E-state index >= 15 is 0 Å². The number of hydrogen-bond acceptors (Lipinski definition) is 3. The fourth-order valence-corrected chi connectivity index (χ4v) is 2.48. The van der Waals surface area contributed by atoms with E-state index in [2.05, 4.69) is 9.97 Å². The summed E-state index contributed by atoms with van der Waals surface area (Å²) in [6, 6.07) is 5.66. The Hall–Kier alpha value is -2.14. The number of H-pyrrole nitrogens is 1. The minimum Gasteiger partial charge on any atom is -0.366 e. The molecule has 0 saturated heterocycles. The van der Waals surface area contributed by atoms with Crippen molar-refractivity contribution in [1.29, 1.82) is 0 Å². The van der Waals surface area contributed by atoms with Gasteiger partial charge in [-0.15, -0.1) is 11.3 Å². The number of hydrogen-bond donors (Lipinski definition) is 2. The van der Waals surface area contributed by atoms with Crippen LogP contribution in [0, 0.1) is 0 Å². The molecule has 0 unspecified atom stereocenters. The predicted octanol–water partition coefficient (Wildman–Crippen LogP) is 2.39. The molecule has 0 aliphatic heterocycles. The van der Waals surface area contributed by atoms with Crippen molar-refractivity contribution in [2.75, 3.05) is 0 Å². The van der Waals surface area contributed by atoms with Crippen LogP contribution in [0.3, 0.4) is 0 Å². The summed E-state index contributed by atoms with van der Waals surface area (Å²) in [5.74, 6) is -0.416. The van der Waals surface area contributed by atoms with Crippen molar-refractivity contribution in [3.05, 3.63) is 41.7 Å². The Labute approximate surface area is 101 Å². The minimum atomic E-state index is -0.416. The second-order valence-electron chi connectivity index (χ2n) is 3.69. The molecule has 0 aliphatic carbocycles. The molecule has 2 heterocycles. The van der Waals surface area contributed by atoms with Crippen LogP contribution in [-0.4, -0.2) is 15.9 Å². The maximum atomic E-state index is 11.4. The first-order chi connectivity index (χ1) is 8.25. The van der Waals surface area contributed by atoms with Gasteiger partial charge < -0.3 is 10.7 Å². The number of benzene rings is 1. The number of fused-ring (bicyclic) bond motifs is 1. The van der Waals surface area contributed by atoms with E-state index in [1.807, 2.05) is 18.2 Å².